The third-order valence-electron chi connectivity index (χ3n) is 4.32. The maximum Gasteiger partial charge on any atom is 0.273 e. The molecule has 2 aromatic heterocycles. The fourth-order valence-corrected chi connectivity index (χ4v) is 3.46. The lowest BCUT2D eigenvalue weighted by atomic mass is 10.0. The number of hydrogen-bond donors (Lipinski definition) is 0. The molecule has 1 aliphatic heterocycles. The van der Waals surface area contributed by atoms with E-state index >= 15 is 0 Å². The number of rotatable bonds is 2. The monoisotopic (exact) mass is 351 g/mol. The van der Waals surface area contributed by atoms with Crippen molar-refractivity contribution in [1.29, 1.82) is 0 Å². The topological polar surface area (TPSA) is 55.3 Å². The van der Waals surface area contributed by atoms with Crippen LogP contribution >= 0.6 is 11.3 Å². The number of benzene rings is 1. The van der Waals surface area contributed by atoms with E-state index in [0.29, 0.717) is 18.8 Å². The van der Waals surface area contributed by atoms with Crippen LogP contribution in [0.3, 0.4) is 0 Å². The van der Waals surface area contributed by atoms with E-state index in [0.717, 1.165) is 22.4 Å². The molecule has 1 atom stereocenters. The van der Waals surface area contributed by atoms with E-state index in [1.165, 1.54) is 11.3 Å². The summed E-state index contributed by atoms with van der Waals surface area (Å²) in [5.74, 6) is 0.769. The number of aromatic nitrogens is 2. The minimum absolute atomic E-state index is 0.0246. The zero-order chi connectivity index (χ0) is 17.2. The van der Waals surface area contributed by atoms with E-state index in [-0.39, 0.29) is 11.9 Å². The standard InChI is InChI=1S/C19H17N3O2S/c1-13-10-24-18-5-4-14(15-3-2-6-20-8-15)7-16(18)9-22(13)19(23)17-11-25-12-21-17/h2-8,11-13H,9-10H2,1H3. The summed E-state index contributed by atoms with van der Waals surface area (Å²) in [6.45, 7) is 2.97. The summed E-state index contributed by atoms with van der Waals surface area (Å²) in [5, 5.41) is 1.79. The molecular formula is C19H17N3O2S. The van der Waals surface area contributed by atoms with E-state index in [2.05, 4.69) is 16.0 Å². The summed E-state index contributed by atoms with van der Waals surface area (Å²) >= 11 is 1.43. The summed E-state index contributed by atoms with van der Waals surface area (Å²) in [6.07, 6.45) is 3.59. The molecule has 0 bridgehead atoms. The van der Waals surface area contributed by atoms with Crippen molar-refractivity contribution >= 4 is 17.2 Å². The van der Waals surface area contributed by atoms with Crippen LogP contribution in [0.4, 0.5) is 0 Å². The number of nitrogens with zero attached hydrogens (tertiary/aromatic N) is 3. The Hall–Kier alpha value is -2.73. The highest BCUT2D eigenvalue weighted by Gasteiger charge is 2.27. The molecule has 3 heterocycles. The molecule has 1 aliphatic rings. The van der Waals surface area contributed by atoms with Crippen molar-refractivity contribution in [2.75, 3.05) is 6.61 Å². The zero-order valence-electron chi connectivity index (χ0n) is 13.8. The van der Waals surface area contributed by atoms with Gasteiger partial charge >= 0.3 is 0 Å². The van der Waals surface area contributed by atoms with Crippen LogP contribution in [0.1, 0.15) is 23.0 Å². The molecule has 0 aliphatic carbocycles. The highest BCUT2D eigenvalue weighted by atomic mass is 32.1. The average Bonchev–Trinajstić information content (AvgIpc) is 3.14. The van der Waals surface area contributed by atoms with Crippen molar-refractivity contribution in [3.8, 4) is 16.9 Å². The van der Waals surface area contributed by atoms with Crippen LogP contribution in [0, 0.1) is 0 Å². The van der Waals surface area contributed by atoms with Crippen LogP contribution in [0.25, 0.3) is 11.1 Å². The smallest absolute Gasteiger partial charge is 0.273 e. The Bertz CT molecular complexity index is 881. The third kappa shape index (κ3) is 3.13. The molecule has 0 saturated carbocycles. The molecule has 0 N–H and O–H groups in total. The maximum absolute atomic E-state index is 12.8. The summed E-state index contributed by atoms with van der Waals surface area (Å²) in [6, 6.07) is 9.99. The summed E-state index contributed by atoms with van der Waals surface area (Å²) in [4.78, 5) is 23.0. The number of hydrogen-bond acceptors (Lipinski definition) is 5. The first-order valence-electron chi connectivity index (χ1n) is 8.07. The second kappa shape index (κ2) is 6.64. The fourth-order valence-electron chi connectivity index (χ4n) is 2.93. The van der Waals surface area contributed by atoms with E-state index in [4.69, 9.17) is 4.74 Å². The van der Waals surface area contributed by atoms with Crippen molar-refractivity contribution in [3.63, 3.8) is 0 Å². The molecule has 4 rings (SSSR count). The molecule has 0 spiro atoms. The van der Waals surface area contributed by atoms with Crippen molar-refractivity contribution in [1.82, 2.24) is 14.9 Å². The van der Waals surface area contributed by atoms with Crippen LogP contribution in [0.2, 0.25) is 0 Å². The largest absolute Gasteiger partial charge is 0.491 e. The Balaban J connectivity index is 1.68. The van der Waals surface area contributed by atoms with E-state index < -0.39 is 0 Å². The number of ether oxygens (including phenoxy) is 1. The summed E-state index contributed by atoms with van der Waals surface area (Å²) in [7, 11) is 0. The van der Waals surface area contributed by atoms with Crippen molar-refractivity contribution in [2.24, 2.45) is 0 Å². The molecule has 1 amide bonds. The molecule has 1 unspecified atom stereocenters. The SMILES string of the molecule is CC1COc2ccc(-c3cccnc3)cc2CN1C(=O)c1cscn1. The van der Waals surface area contributed by atoms with Gasteiger partial charge in [-0.05, 0) is 30.7 Å². The number of carbonyl (C=O) groups is 1. The average molecular weight is 351 g/mol. The number of carbonyl (C=O) groups excluding carboxylic acids is 1. The number of thiazole rings is 1. The predicted molar refractivity (Wildman–Crippen MR) is 96.6 cm³/mol. The van der Waals surface area contributed by atoms with E-state index in [1.807, 2.05) is 42.3 Å². The first-order valence-corrected chi connectivity index (χ1v) is 9.02. The molecule has 1 aromatic carbocycles. The van der Waals surface area contributed by atoms with Crippen LogP contribution in [0.15, 0.2) is 53.6 Å². The van der Waals surface area contributed by atoms with Gasteiger partial charge in [-0.3, -0.25) is 9.78 Å². The molecule has 0 fully saturated rings. The lowest BCUT2D eigenvalue weighted by Gasteiger charge is -2.25. The normalized spacial score (nSPS) is 16.7. The Labute approximate surface area is 149 Å². The number of amides is 1. The third-order valence-corrected chi connectivity index (χ3v) is 4.91. The van der Waals surface area contributed by atoms with E-state index in [9.17, 15) is 4.79 Å². The number of pyridine rings is 1. The Morgan fingerprint density at radius 3 is 3.00 bits per heavy atom. The minimum atomic E-state index is -0.0584. The van der Waals surface area contributed by atoms with Crippen LogP contribution < -0.4 is 4.74 Å². The highest BCUT2D eigenvalue weighted by Crippen LogP contribution is 2.30. The number of fused-ring (bicyclic) bond motifs is 1. The minimum Gasteiger partial charge on any atom is -0.491 e. The lowest BCUT2D eigenvalue weighted by Crippen LogP contribution is -2.40. The summed E-state index contributed by atoms with van der Waals surface area (Å²) < 4.78 is 5.92. The van der Waals surface area contributed by atoms with Gasteiger partial charge in [0.2, 0.25) is 0 Å². The molecular weight excluding hydrogens is 334 g/mol. The second-order valence-electron chi connectivity index (χ2n) is 6.03. The molecule has 25 heavy (non-hydrogen) atoms. The first-order chi connectivity index (χ1) is 12.2. The molecule has 0 radical (unpaired) electrons. The molecule has 126 valence electrons. The Kier molecular flexibility index (Phi) is 4.19. The first kappa shape index (κ1) is 15.8. The van der Waals surface area contributed by atoms with E-state index in [1.54, 1.807) is 17.1 Å². The quantitative estimate of drug-likeness (QED) is 0.707. The van der Waals surface area contributed by atoms with Gasteiger partial charge in [0.15, 0.2) is 0 Å². The molecule has 5 nitrogen and oxygen atoms in total. The van der Waals surface area contributed by atoms with Crippen LogP contribution in [-0.2, 0) is 6.54 Å². The Morgan fingerprint density at radius 2 is 2.24 bits per heavy atom. The van der Waals surface area contributed by atoms with Crippen LogP contribution in [0.5, 0.6) is 5.75 Å². The Morgan fingerprint density at radius 1 is 1.32 bits per heavy atom. The van der Waals surface area contributed by atoms with Gasteiger partial charge in [0.1, 0.15) is 18.1 Å². The van der Waals surface area contributed by atoms with Crippen molar-refractivity contribution in [3.05, 3.63) is 64.9 Å². The highest BCUT2D eigenvalue weighted by molar-refractivity contribution is 7.07. The van der Waals surface area contributed by atoms with Gasteiger partial charge in [0, 0.05) is 28.9 Å². The van der Waals surface area contributed by atoms with Gasteiger partial charge in [0.05, 0.1) is 18.1 Å². The molecule has 3 aromatic rings. The molecule has 6 heteroatoms. The van der Waals surface area contributed by atoms with Gasteiger partial charge < -0.3 is 9.64 Å². The van der Waals surface area contributed by atoms with Gasteiger partial charge in [-0.1, -0.05) is 12.1 Å². The van der Waals surface area contributed by atoms with Gasteiger partial charge in [-0.15, -0.1) is 11.3 Å². The van der Waals surface area contributed by atoms with Gasteiger partial charge in [-0.25, -0.2) is 4.98 Å². The summed E-state index contributed by atoms with van der Waals surface area (Å²) in [5.41, 5.74) is 5.27. The lowest BCUT2D eigenvalue weighted by molar-refractivity contribution is 0.0640. The molecule has 0 saturated heterocycles. The van der Waals surface area contributed by atoms with Gasteiger partial charge in [0.25, 0.3) is 5.91 Å². The zero-order valence-corrected chi connectivity index (χ0v) is 14.6. The second-order valence-corrected chi connectivity index (χ2v) is 6.75. The predicted octanol–water partition coefficient (Wildman–Crippen LogP) is 3.63. The van der Waals surface area contributed by atoms with Crippen LogP contribution in [-0.4, -0.2) is 33.4 Å². The van der Waals surface area contributed by atoms with Gasteiger partial charge in [-0.2, -0.15) is 0 Å². The fraction of sp³-hybridized carbons (Fsp3) is 0.211. The maximum atomic E-state index is 12.8. The van der Waals surface area contributed by atoms with Crippen molar-refractivity contribution in [2.45, 2.75) is 19.5 Å². The van der Waals surface area contributed by atoms with Crippen molar-refractivity contribution < 1.29 is 9.53 Å².